The van der Waals surface area contributed by atoms with E-state index in [2.05, 4.69) is 62.7 Å². The van der Waals surface area contributed by atoms with Crippen molar-refractivity contribution in [1.82, 2.24) is 20.0 Å². The maximum Gasteiger partial charge on any atom is 0.320 e. The molecule has 0 saturated carbocycles. The molecule has 0 fully saturated rings. The standard InChI is InChI=1S/C31H31N5O2/c1-2-38-30(37)31(20-23-11-5-3-6-12-23)22-35(26-14-7-4-8-15-26)21-28-29(31)36(34-33-28)18-17-25-19-24-13-9-10-16-27(24)32-25/h3-16,19,32H,2,17-18,20-22H2,1H3. The molecule has 0 saturated heterocycles. The summed E-state index contributed by atoms with van der Waals surface area (Å²) in [5, 5.41) is 10.4. The minimum atomic E-state index is -0.954. The first-order chi connectivity index (χ1) is 18.7. The van der Waals surface area contributed by atoms with Gasteiger partial charge in [0.15, 0.2) is 0 Å². The SMILES string of the molecule is CCOC(=O)C1(Cc2ccccc2)CN(c2ccccc2)Cc2nnn(CCc3cc4ccccc4[nH]3)c21. The number of carbonyl (C=O) groups excluding carboxylic acids is 1. The predicted molar refractivity (Wildman–Crippen MR) is 148 cm³/mol. The second kappa shape index (κ2) is 10.2. The predicted octanol–water partition coefficient (Wildman–Crippen LogP) is 5.07. The van der Waals surface area contributed by atoms with E-state index in [4.69, 9.17) is 4.74 Å². The molecule has 2 aromatic heterocycles. The van der Waals surface area contributed by atoms with Gasteiger partial charge in [-0.15, -0.1) is 5.10 Å². The summed E-state index contributed by atoms with van der Waals surface area (Å²) in [4.78, 5) is 19.7. The van der Waals surface area contributed by atoms with E-state index in [1.807, 2.05) is 60.1 Å². The number of aromatic amines is 1. The highest BCUT2D eigenvalue weighted by Gasteiger charge is 2.51. The van der Waals surface area contributed by atoms with Crippen molar-refractivity contribution in [1.29, 1.82) is 0 Å². The van der Waals surface area contributed by atoms with E-state index in [-0.39, 0.29) is 5.97 Å². The van der Waals surface area contributed by atoms with Gasteiger partial charge in [0.1, 0.15) is 11.1 Å². The van der Waals surface area contributed by atoms with Gasteiger partial charge in [0.05, 0.1) is 18.8 Å². The normalized spacial score (nSPS) is 16.9. The van der Waals surface area contributed by atoms with E-state index in [0.717, 1.165) is 40.3 Å². The largest absolute Gasteiger partial charge is 0.465 e. The quantitative estimate of drug-likeness (QED) is 0.298. The number of nitrogens with one attached hydrogen (secondary N) is 1. The molecule has 3 heterocycles. The van der Waals surface area contributed by atoms with Crippen LogP contribution in [0.4, 0.5) is 5.69 Å². The van der Waals surface area contributed by atoms with Crippen LogP contribution in [0.2, 0.25) is 0 Å². The van der Waals surface area contributed by atoms with Crippen LogP contribution in [0, 0.1) is 0 Å². The highest BCUT2D eigenvalue weighted by molar-refractivity contribution is 5.85. The molecule has 5 aromatic rings. The Hall–Kier alpha value is -4.39. The van der Waals surface area contributed by atoms with Crippen molar-refractivity contribution in [3.63, 3.8) is 0 Å². The van der Waals surface area contributed by atoms with Crippen molar-refractivity contribution in [3.05, 3.63) is 114 Å². The number of para-hydroxylation sites is 2. The molecule has 0 spiro atoms. The van der Waals surface area contributed by atoms with E-state index in [9.17, 15) is 4.79 Å². The number of carbonyl (C=O) groups is 1. The molecule has 1 aliphatic rings. The summed E-state index contributed by atoms with van der Waals surface area (Å²) in [5.41, 5.74) is 5.10. The zero-order chi connectivity index (χ0) is 26.0. The zero-order valence-corrected chi connectivity index (χ0v) is 21.5. The molecule has 3 aromatic carbocycles. The summed E-state index contributed by atoms with van der Waals surface area (Å²) in [5.74, 6) is -0.236. The molecular weight excluding hydrogens is 474 g/mol. The number of aromatic nitrogens is 4. The Balaban J connectivity index is 1.42. The number of fused-ring (bicyclic) bond motifs is 2. The summed E-state index contributed by atoms with van der Waals surface area (Å²) < 4.78 is 7.72. The van der Waals surface area contributed by atoms with E-state index in [0.29, 0.717) is 32.7 Å². The second-order valence-electron chi connectivity index (χ2n) is 9.90. The fraction of sp³-hybridized carbons (Fsp3) is 0.258. The van der Waals surface area contributed by atoms with Gasteiger partial charge < -0.3 is 14.6 Å². The van der Waals surface area contributed by atoms with Gasteiger partial charge >= 0.3 is 5.97 Å². The van der Waals surface area contributed by atoms with Crippen LogP contribution in [-0.4, -0.2) is 39.1 Å². The highest BCUT2D eigenvalue weighted by atomic mass is 16.5. The van der Waals surface area contributed by atoms with Crippen LogP contribution in [0.1, 0.15) is 29.6 Å². The molecular formula is C31H31N5O2. The summed E-state index contributed by atoms with van der Waals surface area (Å²) in [7, 11) is 0. The third-order valence-electron chi connectivity index (χ3n) is 7.37. The number of aryl methyl sites for hydroxylation is 2. The number of nitrogens with zero attached hydrogens (tertiary/aromatic N) is 4. The Morgan fingerprint density at radius 2 is 1.74 bits per heavy atom. The molecule has 0 aliphatic carbocycles. The number of benzene rings is 3. The van der Waals surface area contributed by atoms with Crippen LogP contribution in [0.15, 0.2) is 91.0 Å². The number of esters is 1. The topological polar surface area (TPSA) is 76.0 Å². The van der Waals surface area contributed by atoms with E-state index >= 15 is 0 Å². The average molecular weight is 506 g/mol. The molecule has 1 unspecified atom stereocenters. The molecule has 6 rings (SSSR count). The lowest BCUT2D eigenvalue weighted by Crippen LogP contribution is -2.54. The molecule has 0 bridgehead atoms. The van der Waals surface area contributed by atoms with Crippen LogP contribution in [0.3, 0.4) is 0 Å². The molecule has 38 heavy (non-hydrogen) atoms. The Kier molecular flexibility index (Phi) is 6.42. The van der Waals surface area contributed by atoms with Gasteiger partial charge in [-0.25, -0.2) is 4.68 Å². The summed E-state index contributed by atoms with van der Waals surface area (Å²) >= 11 is 0. The van der Waals surface area contributed by atoms with Crippen molar-refractivity contribution < 1.29 is 9.53 Å². The highest BCUT2D eigenvalue weighted by Crippen LogP contribution is 2.39. The molecule has 7 nitrogen and oxygen atoms in total. The lowest BCUT2D eigenvalue weighted by molar-refractivity contribution is -0.150. The van der Waals surface area contributed by atoms with Crippen molar-refractivity contribution in [3.8, 4) is 0 Å². The first kappa shape index (κ1) is 24.0. The number of hydrogen-bond donors (Lipinski definition) is 1. The van der Waals surface area contributed by atoms with Gasteiger partial charge in [-0.05, 0) is 48.6 Å². The van der Waals surface area contributed by atoms with E-state index < -0.39 is 5.41 Å². The van der Waals surface area contributed by atoms with Gasteiger partial charge in [0.25, 0.3) is 0 Å². The van der Waals surface area contributed by atoms with Crippen LogP contribution in [0.5, 0.6) is 0 Å². The number of rotatable bonds is 8. The van der Waals surface area contributed by atoms with Crippen molar-refractivity contribution in [2.24, 2.45) is 0 Å². The Labute approximate surface area is 222 Å². The fourth-order valence-corrected chi connectivity index (χ4v) is 5.68. The Bertz CT molecular complexity index is 1510. The maximum atomic E-state index is 14.0. The Morgan fingerprint density at radius 3 is 2.50 bits per heavy atom. The first-order valence-electron chi connectivity index (χ1n) is 13.2. The summed E-state index contributed by atoms with van der Waals surface area (Å²) in [6.07, 6.45) is 1.25. The van der Waals surface area contributed by atoms with Crippen molar-refractivity contribution in [2.45, 2.75) is 38.3 Å². The molecule has 0 amide bonds. The molecule has 1 aliphatic heterocycles. The van der Waals surface area contributed by atoms with Gasteiger partial charge in [-0.2, -0.15) is 0 Å². The van der Waals surface area contributed by atoms with Crippen LogP contribution in [-0.2, 0) is 40.9 Å². The third-order valence-corrected chi connectivity index (χ3v) is 7.37. The summed E-state index contributed by atoms with van der Waals surface area (Å²) in [6, 6.07) is 30.8. The maximum absolute atomic E-state index is 14.0. The first-order valence-corrected chi connectivity index (χ1v) is 13.2. The molecule has 7 heteroatoms. The van der Waals surface area contributed by atoms with Crippen LogP contribution >= 0.6 is 0 Å². The average Bonchev–Trinajstić information content (AvgIpc) is 3.57. The van der Waals surface area contributed by atoms with Crippen molar-refractivity contribution >= 4 is 22.6 Å². The number of anilines is 1. The van der Waals surface area contributed by atoms with E-state index in [1.54, 1.807) is 0 Å². The number of ether oxygens (including phenoxy) is 1. The number of H-pyrrole nitrogens is 1. The molecule has 192 valence electrons. The molecule has 1 N–H and O–H groups in total. The minimum Gasteiger partial charge on any atom is -0.465 e. The fourth-order valence-electron chi connectivity index (χ4n) is 5.68. The smallest absolute Gasteiger partial charge is 0.320 e. The lowest BCUT2D eigenvalue weighted by atomic mass is 9.74. The minimum absolute atomic E-state index is 0.236. The number of hydrogen-bond acceptors (Lipinski definition) is 5. The van der Waals surface area contributed by atoms with Crippen LogP contribution in [0.25, 0.3) is 10.9 Å². The third kappa shape index (κ3) is 4.45. The van der Waals surface area contributed by atoms with Gasteiger partial charge in [-0.3, -0.25) is 4.79 Å². The van der Waals surface area contributed by atoms with Gasteiger partial charge in [0, 0.05) is 36.4 Å². The molecule has 0 radical (unpaired) electrons. The van der Waals surface area contributed by atoms with Crippen LogP contribution < -0.4 is 4.90 Å². The van der Waals surface area contributed by atoms with Gasteiger partial charge in [-0.1, -0.05) is 71.9 Å². The Morgan fingerprint density at radius 1 is 1.00 bits per heavy atom. The van der Waals surface area contributed by atoms with E-state index in [1.165, 1.54) is 5.39 Å². The van der Waals surface area contributed by atoms with Gasteiger partial charge in [0.2, 0.25) is 0 Å². The lowest BCUT2D eigenvalue weighted by Gasteiger charge is -2.41. The zero-order valence-electron chi connectivity index (χ0n) is 21.5. The summed E-state index contributed by atoms with van der Waals surface area (Å²) in [6.45, 7) is 3.85. The monoisotopic (exact) mass is 505 g/mol. The second-order valence-corrected chi connectivity index (χ2v) is 9.90. The molecule has 1 atom stereocenters. The van der Waals surface area contributed by atoms with Crippen molar-refractivity contribution in [2.75, 3.05) is 18.1 Å².